The number of hydrogen-bond acceptors (Lipinski definition) is 6. The molecule has 0 unspecified atom stereocenters. The predicted molar refractivity (Wildman–Crippen MR) is 86.3 cm³/mol. The number of amides is 1. The van der Waals surface area contributed by atoms with Crippen LogP contribution >= 0.6 is 11.3 Å². The molecule has 2 saturated heterocycles. The Morgan fingerprint density at radius 2 is 2.04 bits per heavy atom. The first kappa shape index (κ1) is 14.8. The van der Waals surface area contributed by atoms with Crippen molar-refractivity contribution in [1.82, 2.24) is 19.9 Å². The lowest BCUT2D eigenvalue weighted by molar-refractivity contribution is 0.0768. The second-order valence-electron chi connectivity index (χ2n) is 6.60. The van der Waals surface area contributed by atoms with E-state index in [2.05, 4.69) is 15.0 Å². The van der Waals surface area contributed by atoms with Gasteiger partial charge in [-0.15, -0.1) is 11.3 Å². The molecule has 4 heterocycles. The molecule has 0 radical (unpaired) electrons. The number of hydrogen-bond donors (Lipinski definition) is 0. The van der Waals surface area contributed by atoms with Gasteiger partial charge in [0.05, 0.1) is 11.2 Å². The van der Waals surface area contributed by atoms with E-state index in [0.29, 0.717) is 17.5 Å². The molecule has 2 fully saturated rings. The number of aryl methyl sites for hydroxylation is 2. The van der Waals surface area contributed by atoms with Gasteiger partial charge in [0.15, 0.2) is 0 Å². The number of nitrogens with zero attached hydrogens (tertiary/aromatic N) is 4. The zero-order valence-corrected chi connectivity index (χ0v) is 14.2. The lowest BCUT2D eigenvalue weighted by Gasteiger charge is -2.21. The molecule has 6 nitrogen and oxygen atoms in total. The number of rotatable bonds is 3. The molecule has 2 aliphatic rings. The van der Waals surface area contributed by atoms with Gasteiger partial charge in [0, 0.05) is 43.7 Å². The summed E-state index contributed by atoms with van der Waals surface area (Å²) in [6, 6.07) is 0. The van der Waals surface area contributed by atoms with Crippen LogP contribution in [-0.4, -0.2) is 52.0 Å². The Labute approximate surface area is 139 Å². The van der Waals surface area contributed by atoms with Gasteiger partial charge < -0.3 is 9.42 Å². The summed E-state index contributed by atoms with van der Waals surface area (Å²) in [5, 5.41) is 5.87. The van der Waals surface area contributed by atoms with Crippen molar-refractivity contribution in [3.8, 4) is 0 Å². The Kier molecular flexibility index (Phi) is 3.69. The van der Waals surface area contributed by atoms with Crippen molar-refractivity contribution in [3.63, 3.8) is 0 Å². The highest BCUT2D eigenvalue weighted by atomic mass is 32.1. The van der Waals surface area contributed by atoms with Crippen LogP contribution in [0.2, 0.25) is 0 Å². The Bertz CT molecular complexity index is 678. The molecule has 2 aromatic rings. The highest BCUT2D eigenvalue weighted by Crippen LogP contribution is 2.33. The fourth-order valence-corrected chi connectivity index (χ4v) is 4.34. The average Bonchev–Trinajstić information content (AvgIpc) is 3.27. The molecule has 0 bridgehead atoms. The van der Waals surface area contributed by atoms with Crippen molar-refractivity contribution >= 4 is 17.2 Å². The van der Waals surface area contributed by atoms with E-state index in [0.717, 1.165) is 44.2 Å². The van der Waals surface area contributed by atoms with Gasteiger partial charge in [-0.1, -0.05) is 5.16 Å². The van der Waals surface area contributed by atoms with Crippen LogP contribution in [0.25, 0.3) is 0 Å². The van der Waals surface area contributed by atoms with E-state index in [1.54, 1.807) is 5.51 Å². The third-order valence-electron chi connectivity index (χ3n) is 5.06. The maximum absolute atomic E-state index is 12.4. The minimum atomic E-state index is 0.0814. The van der Waals surface area contributed by atoms with E-state index >= 15 is 0 Å². The predicted octanol–water partition coefficient (Wildman–Crippen LogP) is 1.95. The van der Waals surface area contributed by atoms with Crippen molar-refractivity contribution in [2.75, 3.05) is 26.2 Å². The van der Waals surface area contributed by atoms with Gasteiger partial charge in [-0.3, -0.25) is 9.69 Å². The van der Waals surface area contributed by atoms with Crippen LogP contribution in [0.15, 0.2) is 15.4 Å². The Morgan fingerprint density at radius 1 is 1.30 bits per heavy atom. The fourth-order valence-electron chi connectivity index (χ4n) is 3.82. The zero-order valence-electron chi connectivity index (χ0n) is 13.4. The third kappa shape index (κ3) is 2.68. The Morgan fingerprint density at radius 3 is 2.61 bits per heavy atom. The third-order valence-corrected chi connectivity index (χ3v) is 5.65. The molecule has 0 aliphatic carbocycles. The minimum Gasteiger partial charge on any atom is -0.361 e. The Hall–Kier alpha value is -1.73. The van der Waals surface area contributed by atoms with Gasteiger partial charge in [-0.05, 0) is 25.7 Å². The molecule has 23 heavy (non-hydrogen) atoms. The van der Waals surface area contributed by atoms with Crippen molar-refractivity contribution in [2.24, 2.45) is 11.8 Å². The van der Waals surface area contributed by atoms with E-state index in [9.17, 15) is 4.79 Å². The van der Waals surface area contributed by atoms with E-state index in [1.807, 2.05) is 24.1 Å². The summed E-state index contributed by atoms with van der Waals surface area (Å²) in [7, 11) is 0. The molecule has 2 aliphatic heterocycles. The normalized spacial score (nSPS) is 24.3. The Balaban J connectivity index is 1.38. The van der Waals surface area contributed by atoms with Gasteiger partial charge in [0.2, 0.25) is 0 Å². The maximum atomic E-state index is 12.4. The average molecular weight is 332 g/mol. The van der Waals surface area contributed by atoms with Crippen molar-refractivity contribution < 1.29 is 9.32 Å². The lowest BCUT2D eigenvalue weighted by atomic mass is 10.0. The van der Waals surface area contributed by atoms with Crippen LogP contribution in [0, 0.1) is 25.7 Å². The van der Waals surface area contributed by atoms with Crippen molar-refractivity contribution in [3.05, 3.63) is 33.6 Å². The van der Waals surface area contributed by atoms with Crippen LogP contribution < -0.4 is 0 Å². The van der Waals surface area contributed by atoms with Gasteiger partial charge in [0.25, 0.3) is 5.91 Å². The van der Waals surface area contributed by atoms with Crippen LogP contribution in [0.1, 0.15) is 27.5 Å². The minimum absolute atomic E-state index is 0.0814. The van der Waals surface area contributed by atoms with Crippen molar-refractivity contribution in [1.29, 1.82) is 0 Å². The molecule has 122 valence electrons. The first-order chi connectivity index (χ1) is 11.1. The smallest absolute Gasteiger partial charge is 0.273 e. The highest BCUT2D eigenvalue weighted by molar-refractivity contribution is 7.07. The van der Waals surface area contributed by atoms with Crippen molar-refractivity contribution in [2.45, 2.75) is 20.4 Å². The van der Waals surface area contributed by atoms with Crippen LogP contribution in [0.5, 0.6) is 0 Å². The number of carbonyl (C=O) groups excluding carboxylic acids is 1. The number of carbonyl (C=O) groups is 1. The molecule has 0 aromatic carbocycles. The second kappa shape index (κ2) is 5.72. The summed E-state index contributed by atoms with van der Waals surface area (Å²) in [6.45, 7) is 8.63. The van der Waals surface area contributed by atoms with Gasteiger partial charge >= 0.3 is 0 Å². The lowest BCUT2D eigenvalue weighted by Crippen LogP contribution is -2.33. The SMILES string of the molecule is Cc1noc(C)c1CN1C[C@@H]2CN(C(=O)c3cscn3)C[C@@H]2C1. The largest absolute Gasteiger partial charge is 0.361 e. The monoisotopic (exact) mass is 332 g/mol. The number of aromatic nitrogens is 2. The number of likely N-dealkylation sites (tertiary alicyclic amines) is 2. The fraction of sp³-hybridized carbons (Fsp3) is 0.562. The van der Waals surface area contributed by atoms with Crippen LogP contribution in [0.4, 0.5) is 0 Å². The summed E-state index contributed by atoms with van der Waals surface area (Å²) >= 11 is 1.47. The molecular weight excluding hydrogens is 312 g/mol. The summed E-state index contributed by atoms with van der Waals surface area (Å²) in [6.07, 6.45) is 0. The molecule has 0 saturated carbocycles. The molecule has 1 amide bonds. The van der Waals surface area contributed by atoms with Gasteiger partial charge in [-0.25, -0.2) is 4.98 Å². The molecular formula is C16H20N4O2S. The van der Waals surface area contributed by atoms with Gasteiger partial charge in [0.1, 0.15) is 11.5 Å². The number of thiazole rings is 1. The van der Waals surface area contributed by atoms with Crippen LogP contribution in [0.3, 0.4) is 0 Å². The first-order valence-corrected chi connectivity index (χ1v) is 8.87. The number of fused-ring (bicyclic) bond motifs is 1. The molecule has 2 aromatic heterocycles. The molecule has 0 N–H and O–H groups in total. The summed E-state index contributed by atoms with van der Waals surface area (Å²) in [4.78, 5) is 21.0. The summed E-state index contributed by atoms with van der Waals surface area (Å²) < 4.78 is 5.25. The first-order valence-electron chi connectivity index (χ1n) is 7.93. The van der Waals surface area contributed by atoms with E-state index in [-0.39, 0.29) is 5.91 Å². The molecule has 2 atom stereocenters. The van der Waals surface area contributed by atoms with E-state index in [1.165, 1.54) is 16.9 Å². The van der Waals surface area contributed by atoms with E-state index in [4.69, 9.17) is 4.52 Å². The van der Waals surface area contributed by atoms with Crippen LogP contribution in [-0.2, 0) is 6.54 Å². The molecule has 4 rings (SSSR count). The standard InChI is InChI=1S/C16H20N4O2S/c1-10-14(11(2)22-18-10)7-19-3-12-5-20(6-13(12)4-19)16(21)15-8-23-9-17-15/h8-9,12-13H,3-7H2,1-2H3/t12-,13+. The second-order valence-corrected chi connectivity index (χ2v) is 7.32. The highest BCUT2D eigenvalue weighted by Gasteiger charge is 2.42. The summed E-state index contributed by atoms with van der Waals surface area (Å²) in [5.41, 5.74) is 4.50. The molecule has 0 spiro atoms. The van der Waals surface area contributed by atoms with E-state index < -0.39 is 0 Å². The topological polar surface area (TPSA) is 62.5 Å². The molecule has 7 heteroatoms. The maximum Gasteiger partial charge on any atom is 0.273 e. The summed E-state index contributed by atoms with van der Waals surface area (Å²) in [5.74, 6) is 2.13. The van der Waals surface area contributed by atoms with Gasteiger partial charge in [-0.2, -0.15) is 0 Å². The quantitative estimate of drug-likeness (QED) is 0.860. The zero-order chi connectivity index (χ0) is 16.0.